The number of nitrogens with two attached hydrogens (primary N) is 1. The molecule has 16 heavy (non-hydrogen) atoms. The van der Waals surface area contributed by atoms with Gasteiger partial charge in [0.25, 0.3) is 0 Å². The molecule has 0 unspecified atom stereocenters. The number of nitrogens with zero attached hydrogens (tertiary/aromatic N) is 1. The lowest BCUT2D eigenvalue weighted by Gasteiger charge is -2.31. The third-order valence-corrected chi connectivity index (χ3v) is 3.73. The number of hydrogen-bond donors (Lipinski definition) is 1. The molecule has 0 aromatic rings. The van der Waals surface area contributed by atoms with Gasteiger partial charge in [0.05, 0.1) is 6.04 Å². The van der Waals surface area contributed by atoms with Gasteiger partial charge in [-0.3, -0.25) is 4.79 Å². The fourth-order valence-electron chi connectivity index (χ4n) is 1.80. The first-order chi connectivity index (χ1) is 7.15. The third-order valence-electron chi connectivity index (χ3n) is 3.08. The van der Waals surface area contributed by atoms with Gasteiger partial charge in [-0.1, -0.05) is 6.42 Å². The van der Waals surface area contributed by atoms with E-state index in [1.165, 1.54) is 19.3 Å². The van der Waals surface area contributed by atoms with Crippen LogP contribution < -0.4 is 5.73 Å². The molecule has 0 spiro atoms. The molecular weight excluding hydrogens is 244 g/mol. The predicted molar refractivity (Wildman–Crippen MR) is 73.2 cm³/mol. The first-order valence-electron chi connectivity index (χ1n) is 5.64. The van der Waals surface area contributed by atoms with E-state index in [9.17, 15) is 4.79 Å². The summed E-state index contributed by atoms with van der Waals surface area (Å²) in [4.78, 5) is 13.6. The minimum Gasteiger partial charge on any atom is -0.344 e. The molecule has 0 saturated heterocycles. The summed E-state index contributed by atoms with van der Waals surface area (Å²) in [7, 11) is 1.87. The second-order valence-electron chi connectivity index (χ2n) is 4.40. The van der Waals surface area contributed by atoms with E-state index >= 15 is 0 Å². The van der Waals surface area contributed by atoms with E-state index in [0.717, 1.165) is 24.6 Å². The van der Waals surface area contributed by atoms with Crippen LogP contribution in [0.1, 0.15) is 25.7 Å². The monoisotopic (exact) mass is 266 g/mol. The van der Waals surface area contributed by atoms with Crippen LogP contribution in [0.25, 0.3) is 0 Å². The van der Waals surface area contributed by atoms with Crippen LogP contribution in [0.4, 0.5) is 0 Å². The summed E-state index contributed by atoms with van der Waals surface area (Å²) in [5.41, 5.74) is 5.83. The largest absolute Gasteiger partial charge is 0.344 e. The summed E-state index contributed by atoms with van der Waals surface area (Å²) in [5.74, 6) is 1.80. The van der Waals surface area contributed by atoms with Crippen LogP contribution in [0.3, 0.4) is 0 Å². The molecule has 0 aromatic heterocycles. The van der Waals surface area contributed by atoms with Crippen LogP contribution in [0.15, 0.2) is 0 Å². The Labute approximate surface area is 109 Å². The Balaban J connectivity index is 0.00000225. The Morgan fingerprint density at radius 2 is 2.19 bits per heavy atom. The van der Waals surface area contributed by atoms with E-state index in [-0.39, 0.29) is 24.4 Å². The standard InChI is InChI=1S/C11H22N2OS.ClH/c1-13(8-9-4-3-5-9)11(14)10(12)6-7-15-2;/h9-10H,3-8,12H2,1-2H3;1H/t10-;/m0./s1. The van der Waals surface area contributed by atoms with Crippen LogP contribution in [-0.2, 0) is 4.79 Å². The van der Waals surface area contributed by atoms with E-state index < -0.39 is 0 Å². The highest BCUT2D eigenvalue weighted by Crippen LogP contribution is 2.26. The van der Waals surface area contributed by atoms with Crippen LogP contribution in [0.2, 0.25) is 0 Å². The van der Waals surface area contributed by atoms with Crippen molar-refractivity contribution >= 4 is 30.1 Å². The first-order valence-corrected chi connectivity index (χ1v) is 7.04. The maximum atomic E-state index is 11.8. The van der Waals surface area contributed by atoms with Crippen LogP contribution in [0.5, 0.6) is 0 Å². The number of amides is 1. The number of thioether (sulfide) groups is 1. The minimum absolute atomic E-state index is 0. The van der Waals surface area contributed by atoms with Gasteiger partial charge in [0, 0.05) is 13.6 Å². The lowest BCUT2D eigenvalue weighted by atomic mass is 9.85. The van der Waals surface area contributed by atoms with E-state index in [0.29, 0.717) is 0 Å². The summed E-state index contributed by atoms with van der Waals surface area (Å²) in [5, 5.41) is 0. The molecule has 1 amide bonds. The van der Waals surface area contributed by atoms with E-state index in [1.54, 1.807) is 11.8 Å². The second-order valence-corrected chi connectivity index (χ2v) is 5.39. The molecule has 1 saturated carbocycles. The predicted octanol–water partition coefficient (Wildman–Crippen LogP) is 1.75. The molecule has 0 bridgehead atoms. The average Bonchev–Trinajstić information content (AvgIpc) is 2.18. The van der Waals surface area contributed by atoms with Crippen molar-refractivity contribution in [2.45, 2.75) is 31.7 Å². The van der Waals surface area contributed by atoms with Crippen molar-refractivity contribution in [3.63, 3.8) is 0 Å². The molecule has 0 radical (unpaired) electrons. The molecule has 2 N–H and O–H groups in total. The van der Waals surface area contributed by atoms with Crippen molar-refractivity contribution in [3.05, 3.63) is 0 Å². The van der Waals surface area contributed by atoms with Crippen molar-refractivity contribution in [1.82, 2.24) is 4.90 Å². The Kier molecular flexibility index (Phi) is 8.24. The highest BCUT2D eigenvalue weighted by molar-refractivity contribution is 7.98. The topological polar surface area (TPSA) is 46.3 Å². The fraction of sp³-hybridized carbons (Fsp3) is 0.909. The Bertz CT molecular complexity index is 212. The van der Waals surface area contributed by atoms with Crippen molar-refractivity contribution < 1.29 is 4.79 Å². The zero-order valence-corrected chi connectivity index (χ0v) is 11.8. The van der Waals surface area contributed by atoms with Crippen molar-refractivity contribution in [1.29, 1.82) is 0 Å². The molecule has 1 aliphatic carbocycles. The van der Waals surface area contributed by atoms with E-state index in [4.69, 9.17) is 5.73 Å². The Morgan fingerprint density at radius 3 is 2.62 bits per heavy atom. The highest BCUT2D eigenvalue weighted by Gasteiger charge is 2.23. The molecule has 1 atom stereocenters. The van der Waals surface area contributed by atoms with Crippen LogP contribution >= 0.6 is 24.2 Å². The first kappa shape index (κ1) is 16.1. The fourth-order valence-corrected chi connectivity index (χ4v) is 2.29. The molecule has 1 fully saturated rings. The maximum absolute atomic E-state index is 11.8. The number of hydrogen-bond acceptors (Lipinski definition) is 3. The molecule has 0 aromatic carbocycles. The van der Waals surface area contributed by atoms with Crippen LogP contribution in [0, 0.1) is 5.92 Å². The van der Waals surface area contributed by atoms with Gasteiger partial charge in [0.2, 0.25) is 5.91 Å². The summed E-state index contributed by atoms with van der Waals surface area (Å²) in [6, 6.07) is -0.303. The third kappa shape index (κ3) is 4.93. The molecule has 0 heterocycles. The molecule has 0 aliphatic heterocycles. The summed E-state index contributed by atoms with van der Waals surface area (Å²) in [6.45, 7) is 0.895. The summed E-state index contributed by atoms with van der Waals surface area (Å²) in [6.07, 6.45) is 6.70. The minimum atomic E-state index is -0.303. The molecular formula is C11H23ClN2OS. The molecule has 5 heteroatoms. The molecule has 96 valence electrons. The van der Waals surface area contributed by atoms with E-state index in [1.807, 2.05) is 18.2 Å². The van der Waals surface area contributed by atoms with Gasteiger partial charge in [0.1, 0.15) is 0 Å². The zero-order chi connectivity index (χ0) is 11.3. The van der Waals surface area contributed by atoms with Crippen molar-refractivity contribution in [2.75, 3.05) is 25.6 Å². The smallest absolute Gasteiger partial charge is 0.239 e. The maximum Gasteiger partial charge on any atom is 0.239 e. The molecule has 1 aliphatic rings. The number of likely N-dealkylation sites (N-methyl/N-ethyl adjacent to an activating group) is 1. The lowest BCUT2D eigenvalue weighted by Crippen LogP contribution is -2.44. The van der Waals surface area contributed by atoms with Gasteiger partial charge in [-0.15, -0.1) is 12.4 Å². The highest BCUT2D eigenvalue weighted by atomic mass is 35.5. The Morgan fingerprint density at radius 1 is 1.56 bits per heavy atom. The quantitative estimate of drug-likeness (QED) is 0.797. The van der Waals surface area contributed by atoms with Gasteiger partial charge in [0.15, 0.2) is 0 Å². The normalized spacial score (nSPS) is 17.2. The number of rotatable bonds is 6. The van der Waals surface area contributed by atoms with Gasteiger partial charge >= 0.3 is 0 Å². The second kappa shape index (κ2) is 8.20. The summed E-state index contributed by atoms with van der Waals surface area (Å²) >= 11 is 1.74. The Hall–Kier alpha value is 0.0700. The lowest BCUT2D eigenvalue weighted by molar-refractivity contribution is -0.132. The SMILES string of the molecule is CSCC[C@H](N)C(=O)N(C)CC1CCC1.Cl. The number of halogens is 1. The average molecular weight is 267 g/mol. The van der Waals surface area contributed by atoms with Crippen LogP contribution in [-0.4, -0.2) is 42.4 Å². The number of carbonyl (C=O) groups excluding carboxylic acids is 1. The van der Waals surface area contributed by atoms with Crippen molar-refractivity contribution in [3.8, 4) is 0 Å². The molecule has 3 nitrogen and oxygen atoms in total. The van der Waals surface area contributed by atoms with Gasteiger partial charge < -0.3 is 10.6 Å². The van der Waals surface area contributed by atoms with E-state index in [2.05, 4.69) is 0 Å². The molecule has 1 rings (SSSR count). The number of carbonyl (C=O) groups is 1. The van der Waals surface area contributed by atoms with Gasteiger partial charge in [-0.25, -0.2) is 0 Å². The van der Waals surface area contributed by atoms with Gasteiger partial charge in [-0.2, -0.15) is 11.8 Å². The summed E-state index contributed by atoms with van der Waals surface area (Å²) < 4.78 is 0. The zero-order valence-electron chi connectivity index (χ0n) is 10.1. The van der Waals surface area contributed by atoms with Gasteiger partial charge in [-0.05, 0) is 37.2 Å². The van der Waals surface area contributed by atoms with Crippen molar-refractivity contribution in [2.24, 2.45) is 11.7 Å².